The predicted molar refractivity (Wildman–Crippen MR) is 64.9 cm³/mol. The van der Waals surface area contributed by atoms with Crippen molar-refractivity contribution < 1.29 is 9.21 Å². The van der Waals surface area contributed by atoms with Crippen molar-refractivity contribution in [2.24, 2.45) is 0 Å². The first kappa shape index (κ1) is 10.3. The number of ketones is 1. The van der Waals surface area contributed by atoms with Crippen molar-refractivity contribution in [3.8, 4) is 0 Å². The Hall–Kier alpha value is -1.83. The summed E-state index contributed by atoms with van der Waals surface area (Å²) in [5, 5.41) is 0. The Kier molecular flexibility index (Phi) is 2.56. The van der Waals surface area contributed by atoms with Crippen molar-refractivity contribution in [3.63, 3.8) is 0 Å². The predicted octanol–water partition coefficient (Wildman–Crippen LogP) is 3.12. The largest absolute Gasteiger partial charge is 0.472 e. The van der Waals surface area contributed by atoms with Gasteiger partial charge in [0.2, 0.25) is 0 Å². The maximum atomic E-state index is 12.2. The van der Waals surface area contributed by atoms with Crippen molar-refractivity contribution in [2.75, 3.05) is 0 Å². The Morgan fingerprint density at radius 3 is 3.00 bits per heavy atom. The van der Waals surface area contributed by atoms with Crippen molar-refractivity contribution >= 4 is 5.78 Å². The molecule has 1 unspecified atom stereocenters. The summed E-state index contributed by atoms with van der Waals surface area (Å²) in [6, 6.07) is 10.1. The Labute approximate surface area is 100 Å². The molecule has 0 saturated carbocycles. The van der Waals surface area contributed by atoms with Gasteiger partial charge in [0, 0.05) is 12.3 Å². The third-order valence-electron chi connectivity index (χ3n) is 3.48. The first-order valence-electron chi connectivity index (χ1n) is 5.96. The topological polar surface area (TPSA) is 30.2 Å². The zero-order chi connectivity index (χ0) is 11.7. The second-order valence-corrected chi connectivity index (χ2v) is 4.56. The van der Waals surface area contributed by atoms with E-state index in [-0.39, 0.29) is 5.92 Å². The van der Waals surface area contributed by atoms with Gasteiger partial charge < -0.3 is 4.42 Å². The number of hydrogen-bond acceptors (Lipinski definition) is 2. The van der Waals surface area contributed by atoms with E-state index in [9.17, 15) is 4.79 Å². The van der Waals surface area contributed by atoms with Crippen LogP contribution in [0.2, 0.25) is 0 Å². The molecule has 1 heterocycles. The number of aryl methyl sites for hydroxylation is 1. The van der Waals surface area contributed by atoms with Crippen LogP contribution in [0.5, 0.6) is 0 Å². The second kappa shape index (κ2) is 4.21. The van der Waals surface area contributed by atoms with Crippen LogP contribution in [0.4, 0.5) is 0 Å². The lowest BCUT2D eigenvalue weighted by Gasteiger charge is -2.09. The highest BCUT2D eigenvalue weighted by Gasteiger charge is 2.27. The second-order valence-electron chi connectivity index (χ2n) is 4.56. The van der Waals surface area contributed by atoms with Gasteiger partial charge in [-0.1, -0.05) is 24.3 Å². The van der Waals surface area contributed by atoms with E-state index in [2.05, 4.69) is 12.1 Å². The van der Waals surface area contributed by atoms with Crippen LogP contribution in [0.25, 0.3) is 0 Å². The molecule has 2 heteroatoms. The molecule has 0 N–H and O–H groups in total. The highest BCUT2D eigenvalue weighted by atomic mass is 16.3. The van der Waals surface area contributed by atoms with E-state index in [0.717, 1.165) is 18.4 Å². The molecule has 2 aromatic rings. The quantitative estimate of drug-likeness (QED) is 0.805. The number of carbonyl (C=O) groups excluding carboxylic acids is 1. The van der Waals surface area contributed by atoms with Crippen LogP contribution in [0.3, 0.4) is 0 Å². The van der Waals surface area contributed by atoms with E-state index in [0.29, 0.717) is 12.2 Å². The smallest absolute Gasteiger partial charge is 0.144 e. The summed E-state index contributed by atoms with van der Waals surface area (Å²) in [5.41, 5.74) is 3.53. The number of rotatable bonds is 3. The molecule has 3 rings (SSSR count). The van der Waals surface area contributed by atoms with Gasteiger partial charge in [-0.3, -0.25) is 4.79 Å². The minimum atomic E-state index is 0.0844. The Morgan fingerprint density at radius 2 is 2.18 bits per heavy atom. The lowest BCUT2D eigenvalue weighted by atomic mass is 9.93. The van der Waals surface area contributed by atoms with Crippen LogP contribution in [0.15, 0.2) is 47.3 Å². The summed E-state index contributed by atoms with van der Waals surface area (Å²) in [6.45, 7) is 0. The molecule has 2 nitrogen and oxygen atoms in total. The SMILES string of the molecule is O=C(Cc1ccoc1)C1CCc2ccccc21. The standard InChI is InChI=1S/C15H14O2/c16-15(9-11-7-8-17-10-11)14-6-5-12-3-1-2-4-13(12)14/h1-4,7-8,10,14H,5-6,9H2. The van der Waals surface area contributed by atoms with E-state index in [1.54, 1.807) is 12.5 Å². The van der Waals surface area contributed by atoms with Crippen LogP contribution >= 0.6 is 0 Å². The molecule has 0 spiro atoms. The number of furan rings is 1. The fourth-order valence-corrected chi connectivity index (χ4v) is 2.61. The Morgan fingerprint density at radius 1 is 1.29 bits per heavy atom. The van der Waals surface area contributed by atoms with Crippen molar-refractivity contribution in [1.29, 1.82) is 0 Å². The van der Waals surface area contributed by atoms with Gasteiger partial charge in [-0.2, -0.15) is 0 Å². The maximum absolute atomic E-state index is 12.2. The van der Waals surface area contributed by atoms with Crippen LogP contribution in [0, 0.1) is 0 Å². The molecule has 0 fully saturated rings. The van der Waals surface area contributed by atoms with E-state index in [4.69, 9.17) is 4.42 Å². The van der Waals surface area contributed by atoms with Gasteiger partial charge in [0.25, 0.3) is 0 Å². The lowest BCUT2D eigenvalue weighted by Crippen LogP contribution is -2.12. The van der Waals surface area contributed by atoms with Gasteiger partial charge in [-0.05, 0) is 35.6 Å². The minimum absolute atomic E-state index is 0.0844. The summed E-state index contributed by atoms with van der Waals surface area (Å²) in [6.07, 6.45) is 5.73. The number of hydrogen-bond donors (Lipinski definition) is 0. The zero-order valence-electron chi connectivity index (χ0n) is 9.56. The molecule has 1 aliphatic carbocycles. The maximum Gasteiger partial charge on any atom is 0.144 e. The summed E-state index contributed by atoms with van der Waals surface area (Å²) >= 11 is 0. The van der Waals surface area contributed by atoms with Gasteiger partial charge in [0.15, 0.2) is 0 Å². The molecular weight excluding hydrogens is 212 g/mol. The van der Waals surface area contributed by atoms with Crippen molar-refractivity contribution in [3.05, 3.63) is 59.5 Å². The molecule has 1 aromatic heterocycles. The van der Waals surface area contributed by atoms with E-state index in [1.165, 1.54) is 11.1 Å². The number of Topliss-reactive ketones (excluding diaryl/α,β-unsaturated/α-hetero) is 1. The van der Waals surface area contributed by atoms with Crippen LogP contribution in [-0.4, -0.2) is 5.78 Å². The fourth-order valence-electron chi connectivity index (χ4n) is 2.61. The number of benzene rings is 1. The molecule has 0 radical (unpaired) electrons. The molecule has 0 amide bonds. The molecule has 0 saturated heterocycles. The molecule has 0 bridgehead atoms. The minimum Gasteiger partial charge on any atom is -0.472 e. The summed E-state index contributed by atoms with van der Waals surface area (Å²) < 4.78 is 5.00. The highest BCUT2D eigenvalue weighted by Crippen LogP contribution is 2.34. The van der Waals surface area contributed by atoms with Gasteiger partial charge in [-0.25, -0.2) is 0 Å². The van der Waals surface area contributed by atoms with Gasteiger partial charge in [0.05, 0.1) is 12.5 Å². The highest BCUT2D eigenvalue weighted by molar-refractivity contribution is 5.88. The van der Waals surface area contributed by atoms with Crippen LogP contribution < -0.4 is 0 Å². The summed E-state index contributed by atoms with van der Waals surface area (Å²) in [5.74, 6) is 0.387. The lowest BCUT2D eigenvalue weighted by molar-refractivity contribution is -0.119. The zero-order valence-corrected chi connectivity index (χ0v) is 9.56. The van der Waals surface area contributed by atoms with Gasteiger partial charge in [0.1, 0.15) is 5.78 Å². The van der Waals surface area contributed by atoms with Crippen molar-refractivity contribution in [1.82, 2.24) is 0 Å². The molecular formula is C15H14O2. The third-order valence-corrected chi connectivity index (χ3v) is 3.48. The first-order valence-corrected chi connectivity index (χ1v) is 5.96. The van der Waals surface area contributed by atoms with Crippen molar-refractivity contribution in [2.45, 2.75) is 25.2 Å². The molecule has 17 heavy (non-hydrogen) atoms. The molecule has 1 atom stereocenters. The summed E-state index contributed by atoms with van der Waals surface area (Å²) in [7, 11) is 0. The monoisotopic (exact) mass is 226 g/mol. The Balaban J connectivity index is 1.80. The average molecular weight is 226 g/mol. The molecule has 86 valence electrons. The van der Waals surface area contributed by atoms with E-state index in [1.807, 2.05) is 18.2 Å². The van der Waals surface area contributed by atoms with E-state index >= 15 is 0 Å². The number of carbonyl (C=O) groups is 1. The van der Waals surface area contributed by atoms with E-state index < -0.39 is 0 Å². The molecule has 0 aliphatic heterocycles. The molecule has 1 aliphatic rings. The van der Waals surface area contributed by atoms with Crippen LogP contribution in [-0.2, 0) is 17.6 Å². The normalized spacial score (nSPS) is 18.0. The fraction of sp³-hybridized carbons (Fsp3) is 0.267. The third kappa shape index (κ3) is 1.91. The first-order chi connectivity index (χ1) is 8.34. The molecule has 1 aromatic carbocycles. The van der Waals surface area contributed by atoms with Gasteiger partial charge in [-0.15, -0.1) is 0 Å². The van der Waals surface area contributed by atoms with Crippen LogP contribution in [0.1, 0.15) is 29.0 Å². The van der Waals surface area contributed by atoms with Gasteiger partial charge >= 0.3 is 0 Å². The Bertz CT molecular complexity index is 526. The summed E-state index contributed by atoms with van der Waals surface area (Å²) in [4.78, 5) is 12.2. The average Bonchev–Trinajstić information content (AvgIpc) is 2.96. The number of fused-ring (bicyclic) bond motifs is 1.